The van der Waals surface area contributed by atoms with E-state index in [2.05, 4.69) is 5.32 Å². The Balaban J connectivity index is 2.64. The Hall–Kier alpha value is -1.27. The molecule has 1 aliphatic heterocycles. The van der Waals surface area contributed by atoms with Gasteiger partial charge in [-0.1, -0.05) is 6.07 Å². The number of anilines is 1. The van der Waals surface area contributed by atoms with Crippen molar-refractivity contribution in [3.05, 3.63) is 18.2 Å². The molecule has 1 aliphatic rings. The number of benzene rings is 1. The molecule has 5 nitrogen and oxygen atoms in total. The van der Waals surface area contributed by atoms with Gasteiger partial charge in [0.05, 0.1) is 5.69 Å². The average molecular weight is 248 g/mol. The number of ether oxygens (including phenoxy) is 1. The second kappa shape index (κ2) is 3.39. The highest BCUT2D eigenvalue weighted by Crippen LogP contribution is 2.35. The second-order valence-corrected chi connectivity index (χ2v) is 5.43. The molecular weight excluding hydrogens is 242 g/mol. The zero-order valence-electron chi connectivity index (χ0n) is 7.36. The summed E-state index contributed by atoms with van der Waals surface area (Å²) in [6.07, 6.45) is 0. The molecule has 1 aromatic carbocycles. The molecule has 1 heterocycles. The number of para-hydroxylation sites is 1. The van der Waals surface area contributed by atoms with Gasteiger partial charge in [0.1, 0.15) is 11.4 Å². The van der Waals surface area contributed by atoms with Gasteiger partial charge in [-0.05, 0) is 12.1 Å². The fourth-order valence-corrected chi connectivity index (χ4v) is 2.25. The molecule has 80 valence electrons. The van der Waals surface area contributed by atoms with Crippen molar-refractivity contribution in [1.29, 1.82) is 0 Å². The van der Waals surface area contributed by atoms with Crippen LogP contribution in [0.25, 0.3) is 0 Å². The monoisotopic (exact) mass is 247 g/mol. The Kier molecular flexibility index (Phi) is 2.32. The third kappa shape index (κ3) is 1.91. The minimum absolute atomic E-state index is 0.0127. The van der Waals surface area contributed by atoms with Crippen molar-refractivity contribution in [2.24, 2.45) is 0 Å². The molecule has 7 heteroatoms. The summed E-state index contributed by atoms with van der Waals surface area (Å²) in [5.41, 5.74) is 0.441. The molecule has 2 rings (SSSR count). The lowest BCUT2D eigenvalue weighted by Crippen LogP contribution is -2.25. The van der Waals surface area contributed by atoms with E-state index in [1.165, 1.54) is 12.1 Å². The summed E-state index contributed by atoms with van der Waals surface area (Å²) < 4.78 is 27.1. The summed E-state index contributed by atoms with van der Waals surface area (Å²) in [6.45, 7) is 0.0127. The number of hydrogen-bond acceptors (Lipinski definition) is 5. The third-order valence-corrected chi connectivity index (χ3v) is 3.23. The van der Waals surface area contributed by atoms with Crippen molar-refractivity contribution >= 4 is 31.4 Å². The number of carbonyl (C=O) groups is 1. The maximum atomic E-state index is 11.2. The minimum Gasteiger partial charge on any atom is -0.422 e. The van der Waals surface area contributed by atoms with Gasteiger partial charge in [0, 0.05) is 10.7 Å². The molecule has 0 bridgehead atoms. The largest absolute Gasteiger partial charge is 0.422 e. The van der Waals surface area contributed by atoms with Crippen LogP contribution in [0.15, 0.2) is 23.1 Å². The molecule has 0 amide bonds. The number of halogens is 1. The van der Waals surface area contributed by atoms with E-state index in [9.17, 15) is 13.2 Å². The zero-order valence-corrected chi connectivity index (χ0v) is 8.93. The number of nitrogens with one attached hydrogen (secondary N) is 1. The Bertz CT molecular complexity index is 525. The summed E-state index contributed by atoms with van der Waals surface area (Å²) in [5, 5.41) is 2.73. The molecule has 1 N–H and O–H groups in total. The van der Waals surface area contributed by atoms with Gasteiger partial charge < -0.3 is 10.1 Å². The van der Waals surface area contributed by atoms with Crippen LogP contribution < -0.4 is 10.1 Å². The van der Waals surface area contributed by atoms with E-state index >= 15 is 0 Å². The van der Waals surface area contributed by atoms with Gasteiger partial charge in [0.25, 0.3) is 9.05 Å². The molecule has 0 saturated heterocycles. The highest BCUT2D eigenvalue weighted by molar-refractivity contribution is 8.13. The van der Waals surface area contributed by atoms with E-state index < -0.39 is 15.0 Å². The number of hydrogen-bond donors (Lipinski definition) is 1. The van der Waals surface area contributed by atoms with E-state index in [0.29, 0.717) is 5.69 Å². The predicted molar refractivity (Wildman–Crippen MR) is 53.6 cm³/mol. The van der Waals surface area contributed by atoms with Crippen molar-refractivity contribution in [2.75, 3.05) is 11.9 Å². The molecule has 15 heavy (non-hydrogen) atoms. The molecule has 0 unspecified atom stereocenters. The quantitative estimate of drug-likeness (QED) is 0.454. The van der Waals surface area contributed by atoms with Crippen LogP contribution in [0.3, 0.4) is 0 Å². The smallest absolute Gasteiger partial charge is 0.330 e. The van der Waals surface area contributed by atoms with E-state index in [0.717, 1.165) is 0 Å². The Morgan fingerprint density at radius 3 is 2.80 bits per heavy atom. The lowest BCUT2D eigenvalue weighted by Gasteiger charge is -2.18. The fourth-order valence-electron chi connectivity index (χ4n) is 1.27. The molecular formula is C8H6ClNO4S. The van der Waals surface area contributed by atoms with E-state index in [4.69, 9.17) is 15.4 Å². The average Bonchev–Trinajstić information content (AvgIpc) is 2.15. The summed E-state index contributed by atoms with van der Waals surface area (Å²) in [4.78, 5) is 10.8. The zero-order chi connectivity index (χ0) is 11.1. The summed E-state index contributed by atoms with van der Waals surface area (Å²) in [6, 6.07) is 4.40. The highest BCUT2D eigenvalue weighted by atomic mass is 35.7. The predicted octanol–water partition coefficient (Wildman–Crippen LogP) is 0.945. The van der Waals surface area contributed by atoms with Gasteiger partial charge >= 0.3 is 5.97 Å². The molecule has 1 aromatic rings. The lowest BCUT2D eigenvalue weighted by molar-refractivity contribution is -0.133. The van der Waals surface area contributed by atoms with E-state index in [-0.39, 0.29) is 17.2 Å². The minimum atomic E-state index is -3.91. The number of rotatable bonds is 1. The van der Waals surface area contributed by atoms with E-state index in [1.54, 1.807) is 6.07 Å². The van der Waals surface area contributed by atoms with E-state index in [1.807, 2.05) is 0 Å². The van der Waals surface area contributed by atoms with Crippen molar-refractivity contribution in [3.63, 3.8) is 0 Å². The van der Waals surface area contributed by atoms with Crippen molar-refractivity contribution < 1.29 is 17.9 Å². The van der Waals surface area contributed by atoms with Gasteiger partial charge in [-0.3, -0.25) is 0 Å². The summed E-state index contributed by atoms with van der Waals surface area (Å²) in [7, 11) is 1.28. The first kappa shape index (κ1) is 10.3. The Labute approximate surface area is 90.4 Å². The van der Waals surface area contributed by atoms with Gasteiger partial charge in [-0.15, -0.1) is 0 Å². The van der Waals surface area contributed by atoms with Crippen LogP contribution in [0.2, 0.25) is 0 Å². The summed E-state index contributed by atoms with van der Waals surface area (Å²) in [5.74, 6) is -0.584. The van der Waals surface area contributed by atoms with Gasteiger partial charge in [-0.2, -0.15) is 0 Å². The molecule has 0 saturated carbocycles. The fraction of sp³-hybridized carbons (Fsp3) is 0.125. The van der Waals surface area contributed by atoms with Crippen molar-refractivity contribution in [2.45, 2.75) is 4.90 Å². The van der Waals surface area contributed by atoms with Crippen LogP contribution in [0.4, 0.5) is 5.69 Å². The van der Waals surface area contributed by atoms with Crippen LogP contribution in [0, 0.1) is 0 Å². The number of fused-ring (bicyclic) bond motifs is 1. The first-order valence-corrected chi connectivity index (χ1v) is 6.31. The Morgan fingerprint density at radius 2 is 2.13 bits per heavy atom. The maximum Gasteiger partial charge on any atom is 0.330 e. The molecule has 0 radical (unpaired) electrons. The molecule has 0 fully saturated rings. The number of esters is 1. The summed E-state index contributed by atoms with van der Waals surface area (Å²) >= 11 is 0. The molecule has 0 spiro atoms. The van der Waals surface area contributed by atoms with Crippen molar-refractivity contribution in [3.8, 4) is 5.75 Å². The maximum absolute atomic E-state index is 11.2. The second-order valence-electron chi connectivity index (χ2n) is 2.90. The Morgan fingerprint density at radius 1 is 1.40 bits per heavy atom. The van der Waals surface area contributed by atoms with Crippen LogP contribution in [0.5, 0.6) is 5.75 Å². The van der Waals surface area contributed by atoms with Crippen LogP contribution in [0.1, 0.15) is 0 Å². The molecule has 0 aliphatic carbocycles. The number of carbonyl (C=O) groups excluding carboxylic acids is 1. The standard InChI is InChI=1S/C8H6ClNO4S/c9-15(12,13)6-3-1-2-5-8(6)14-7(11)4-10-5/h1-3,10H,4H2. The topological polar surface area (TPSA) is 72.5 Å². The van der Waals surface area contributed by atoms with Crippen LogP contribution in [-0.2, 0) is 13.8 Å². The SMILES string of the molecule is O=C1CNc2cccc(S(=O)(=O)Cl)c2O1. The highest BCUT2D eigenvalue weighted by Gasteiger charge is 2.25. The van der Waals surface area contributed by atoms with Gasteiger partial charge in [-0.25, -0.2) is 13.2 Å². The molecule has 0 atom stereocenters. The third-order valence-electron chi connectivity index (χ3n) is 1.88. The lowest BCUT2D eigenvalue weighted by atomic mass is 10.2. The van der Waals surface area contributed by atoms with Gasteiger partial charge in [0.2, 0.25) is 0 Å². The van der Waals surface area contributed by atoms with Crippen LogP contribution in [-0.4, -0.2) is 20.9 Å². The van der Waals surface area contributed by atoms with Crippen LogP contribution >= 0.6 is 10.7 Å². The normalized spacial score (nSPS) is 15.1. The first-order chi connectivity index (χ1) is 6.98. The first-order valence-electron chi connectivity index (χ1n) is 4.01. The molecule has 0 aromatic heterocycles. The van der Waals surface area contributed by atoms with Gasteiger partial charge in [0.15, 0.2) is 5.75 Å². The van der Waals surface area contributed by atoms with Crippen molar-refractivity contribution in [1.82, 2.24) is 0 Å².